The number of piperidine rings is 1. The quantitative estimate of drug-likeness (QED) is 0.595. The fraction of sp³-hybridized carbons (Fsp3) is 0.708. The van der Waals surface area contributed by atoms with Gasteiger partial charge in [0.25, 0.3) is 0 Å². The fourth-order valence-corrected chi connectivity index (χ4v) is 4.96. The minimum atomic E-state index is -0.833. The molecule has 1 aliphatic rings. The SMILES string of the molecule is CCC1(C)CC(N(C(=O)O)C(C)C)C(C)C(C)(CC)N1OC(C)c1ccccc1. The lowest BCUT2D eigenvalue weighted by molar-refractivity contribution is -0.331. The van der Waals surface area contributed by atoms with Crippen molar-refractivity contribution in [2.45, 2.75) is 104 Å². The van der Waals surface area contributed by atoms with Crippen LogP contribution in [0.1, 0.15) is 86.3 Å². The Balaban J connectivity index is 2.45. The van der Waals surface area contributed by atoms with Crippen LogP contribution in [0.15, 0.2) is 30.3 Å². The smallest absolute Gasteiger partial charge is 0.407 e. The van der Waals surface area contributed by atoms with Crippen molar-refractivity contribution in [1.82, 2.24) is 9.96 Å². The van der Waals surface area contributed by atoms with Gasteiger partial charge in [-0.15, -0.1) is 0 Å². The third kappa shape index (κ3) is 4.46. The molecule has 5 unspecified atom stereocenters. The largest absolute Gasteiger partial charge is 0.465 e. The van der Waals surface area contributed by atoms with Gasteiger partial charge in [0.2, 0.25) is 0 Å². The summed E-state index contributed by atoms with van der Waals surface area (Å²) in [6.07, 6.45) is 1.62. The zero-order valence-electron chi connectivity index (χ0n) is 19.5. The van der Waals surface area contributed by atoms with Gasteiger partial charge in [-0.05, 0) is 65.4 Å². The van der Waals surface area contributed by atoms with Crippen LogP contribution in [0.4, 0.5) is 4.79 Å². The highest BCUT2D eigenvalue weighted by Crippen LogP contribution is 2.48. The van der Waals surface area contributed by atoms with Crippen LogP contribution < -0.4 is 0 Å². The van der Waals surface area contributed by atoms with E-state index < -0.39 is 6.09 Å². The molecule has 5 nitrogen and oxygen atoms in total. The summed E-state index contributed by atoms with van der Waals surface area (Å²) in [5.74, 6) is 0.133. The molecule has 1 aromatic rings. The maximum atomic E-state index is 12.1. The third-order valence-corrected chi connectivity index (χ3v) is 7.31. The number of amides is 1. The summed E-state index contributed by atoms with van der Waals surface area (Å²) >= 11 is 0. The zero-order chi connectivity index (χ0) is 22.0. The van der Waals surface area contributed by atoms with Crippen molar-refractivity contribution < 1.29 is 14.7 Å². The lowest BCUT2D eigenvalue weighted by Gasteiger charge is -2.61. The van der Waals surface area contributed by atoms with E-state index in [1.165, 1.54) is 0 Å². The number of nitrogens with zero attached hydrogens (tertiary/aromatic N) is 2. The molecule has 29 heavy (non-hydrogen) atoms. The molecule has 164 valence electrons. The molecule has 1 heterocycles. The van der Waals surface area contributed by atoms with Crippen molar-refractivity contribution >= 4 is 6.09 Å². The molecule has 1 saturated heterocycles. The first-order chi connectivity index (χ1) is 13.5. The number of carboxylic acid groups (broad SMARTS) is 1. The topological polar surface area (TPSA) is 53.0 Å². The average molecular weight is 405 g/mol. The molecule has 0 aliphatic carbocycles. The number of carbonyl (C=O) groups is 1. The van der Waals surface area contributed by atoms with Crippen LogP contribution in [0.5, 0.6) is 0 Å². The minimum absolute atomic E-state index is 0.0470. The summed E-state index contributed by atoms with van der Waals surface area (Å²) in [4.78, 5) is 20.4. The van der Waals surface area contributed by atoms with Gasteiger partial charge >= 0.3 is 6.09 Å². The van der Waals surface area contributed by atoms with Crippen LogP contribution in [0, 0.1) is 5.92 Å². The van der Waals surface area contributed by atoms with Crippen LogP contribution in [-0.2, 0) is 4.84 Å². The second-order valence-corrected chi connectivity index (χ2v) is 9.36. The van der Waals surface area contributed by atoms with E-state index in [1.54, 1.807) is 4.90 Å². The van der Waals surface area contributed by atoms with Gasteiger partial charge in [-0.2, -0.15) is 5.06 Å². The Morgan fingerprint density at radius 2 is 1.79 bits per heavy atom. The second kappa shape index (κ2) is 9.05. The summed E-state index contributed by atoms with van der Waals surface area (Å²) in [7, 11) is 0. The Kier molecular flexibility index (Phi) is 7.39. The van der Waals surface area contributed by atoms with Crippen LogP contribution >= 0.6 is 0 Å². The third-order valence-electron chi connectivity index (χ3n) is 7.31. The Labute approximate surface area is 177 Å². The molecule has 0 aromatic heterocycles. The fourth-order valence-electron chi connectivity index (χ4n) is 4.96. The first-order valence-corrected chi connectivity index (χ1v) is 11.0. The highest BCUT2D eigenvalue weighted by Gasteiger charge is 2.56. The van der Waals surface area contributed by atoms with Crippen LogP contribution in [-0.4, -0.2) is 44.3 Å². The molecule has 0 spiro atoms. The average Bonchev–Trinajstić information content (AvgIpc) is 2.69. The summed E-state index contributed by atoms with van der Waals surface area (Å²) in [5, 5.41) is 12.2. The predicted octanol–water partition coefficient (Wildman–Crippen LogP) is 6.12. The molecular formula is C24H40N2O3. The Morgan fingerprint density at radius 1 is 1.21 bits per heavy atom. The Bertz CT molecular complexity index is 680. The molecule has 1 fully saturated rings. The monoisotopic (exact) mass is 404 g/mol. The molecule has 5 atom stereocenters. The van der Waals surface area contributed by atoms with Crippen molar-refractivity contribution in [3.63, 3.8) is 0 Å². The van der Waals surface area contributed by atoms with Gasteiger partial charge in [-0.25, -0.2) is 4.79 Å². The van der Waals surface area contributed by atoms with Crippen molar-refractivity contribution in [2.24, 2.45) is 5.92 Å². The van der Waals surface area contributed by atoms with Crippen molar-refractivity contribution in [2.75, 3.05) is 0 Å². The van der Waals surface area contributed by atoms with E-state index in [1.807, 2.05) is 32.0 Å². The highest BCUT2D eigenvalue weighted by atomic mass is 16.7. The van der Waals surface area contributed by atoms with Gasteiger partial charge in [0.05, 0.1) is 0 Å². The molecule has 0 bridgehead atoms. The van der Waals surface area contributed by atoms with Crippen LogP contribution in [0.2, 0.25) is 0 Å². The molecule has 1 aromatic carbocycles. The van der Waals surface area contributed by atoms with E-state index in [-0.39, 0.29) is 35.2 Å². The normalized spacial score (nSPS) is 31.6. The van der Waals surface area contributed by atoms with Gasteiger partial charge in [0.1, 0.15) is 6.10 Å². The molecule has 2 rings (SSSR count). The maximum Gasteiger partial charge on any atom is 0.407 e. The van der Waals surface area contributed by atoms with E-state index in [2.05, 4.69) is 58.7 Å². The van der Waals surface area contributed by atoms with Crippen molar-refractivity contribution in [3.8, 4) is 0 Å². The Hall–Kier alpha value is -1.59. The zero-order valence-corrected chi connectivity index (χ0v) is 19.5. The molecule has 1 N–H and O–H groups in total. The molecular weight excluding hydrogens is 364 g/mol. The molecule has 0 saturated carbocycles. The van der Waals surface area contributed by atoms with Gasteiger partial charge in [-0.3, -0.25) is 4.84 Å². The molecule has 1 amide bonds. The van der Waals surface area contributed by atoms with E-state index in [4.69, 9.17) is 4.84 Å². The van der Waals surface area contributed by atoms with Crippen molar-refractivity contribution in [1.29, 1.82) is 0 Å². The molecule has 0 radical (unpaired) electrons. The summed E-state index contributed by atoms with van der Waals surface area (Å²) in [6, 6.07) is 10.2. The number of benzene rings is 1. The summed E-state index contributed by atoms with van der Waals surface area (Å²) < 4.78 is 0. The highest BCUT2D eigenvalue weighted by molar-refractivity contribution is 5.66. The van der Waals surface area contributed by atoms with Gasteiger partial charge in [0, 0.05) is 23.2 Å². The van der Waals surface area contributed by atoms with Gasteiger partial charge < -0.3 is 10.0 Å². The first kappa shape index (κ1) is 23.7. The maximum absolute atomic E-state index is 12.1. The molecule has 1 aliphatic heterocycles. The number of hydrogen-bond donors (Lipinski definition) is 1. The number of hydrogen-bond acceptors (Lipinski definition) is 3. The molecule has 5 heteroatoms. The van der Waals surface area contributed by atoms with E-state index in [0.29, 0.717) is 0 Å². The van der Waals surface area contributed by atoms with Crippen LogP contribution in [0.25, 0.3) is 0 Å². The van der Waals surface area contributed by atoms with Crippen LogP contribution in [0.3, 0.4) is 0 Å². The van der Waals surface area contributed by atoms with Gasteiger partial charge in [0.15, 0.2) is 0 Å². The lowest BCUT2D eigenvalue weighted by atomic mass is 9.67. The number of hydroxylamine groups is 2. The van der Waals surface area contributed by atoms with Crippen molar-refractivity contribution in [3.05, 3.63) is 35.9 Å². The van der Waals surface area contributed by atoms with Gasteiger partial charge in [-0.1, -0.05) is 51.1 Å². The number of rotatable bonds is 7. The summed E-state index contributed by atoms with van der Waals surface area (Å²) in [5.41, 5.74) is 0.612. The lowest BCUT2D eigenvalue weighted by Crippen LogP contribution is -2.70. The van der Waals surface area contributed by atoms with E-state index in [0.717, 1.165) is 24.8 Å². The Morgan fingerprint density at radius 3 is 2.24 bits per heavy atom. The first-order valence-electron chi connectivity index (χ1n) is 11.0. The standard InChI is InChI=1S/C24H40N2O3/c1-9-23(7)16-21(25(17(3)4)22(27)28)18(5)24(8,10-2)26(23)29-19(6)20-14-12-11-13-15-20/h11-15,17-19,21H,9-10,16H2,1-8H3,(H,27,28). The second-order valence-electron chi connectivity index (χ2n) is 9.36. The summed E-state index contributed by atoms with van der Waals surface area (Å²) in [6.45, 7) is 17.0. The minimum Gasteiger partial charge on any atom is -0.465 e. The predicted molar refractivity (Wildman–Crippen MR) is 118 cm³/mol. The van der Waals surface area contributed by atoms with E-state index in [9.17, 15) is 9.90 Å². The van der Waals surface area contributed by atoms with E-state index >= 15 is 0 Å².